The predicted molar refractivity (Wildman–Crippen MR) is 139 cm³/mol. The highest BCUT2D eigenvalue weighted by molar-refractivity contribution is 14.0. The lowest BCUT2D eigenvalue weighted by Gasteiger charge is -2.28. The van der Waals surface area contributed by atoms with Crippen LogP contribution in [0.25, 0.3) is 0 Å². The molecule has 9 heteroatoms. The summed E-state index contributed by atoms with van der Waals surface area (Å²) in [4.78, 5) is 4.81. The van der Waals surface area contributed by atoms with Gasteiger partial charge in [-0.05, 0) is 31.0 Å². The fourth-order valence-corrected chi connectivity index (χ4v) is 3.77. The second-order valence-corrected chi connectivity index (χ2v) is 7.75. The zero-order valence-corrected chi connectivity index (χ0v) is 21.6. The van der Waals surface area contributed by atoms with Gasteiger partial charge in [0.15, 0.2) is 11.8 Å². The molecule has 0 bridgehead atoms. The number of ether oxygens (including phenoxy) is 2. The van der Waals surface area contributed by atoms with Gasteiger partial charge in [-0.2, -0.15) is 0 Å². The maximum absolute atomic E-state index is 5.81. The maximum Gasteiger partial charge on any atom is 0.192 e. The Morgan fingerprint density at radius 3 is 2.76 bits per heavy atom. The van der Waals surface area contributed by atoms with Gasteiger partial charge in [0.2, 0.25) is 0 Å². The highest BCUT2D eigenvalue weighted by Crippen LogP contribution is 2.31. The number of nitrogens with zero attached hydrogens (tertiary/aromatic N) is 4. The highest BCUT2D eigenvalue weighted by Gasteiger charge is 2.22. The molecule has 1 atom stereocenters. The van der Waals surface area contributed by atoms with E-state index in [4.69, 9.17) is 14.5 Å². The molecule has 2 heterocycles. The molecule has 1 aromatic heterocycles. The number of rotatable bonds is 7. The van der Waals surface area contributed by atoms with Crippen LogP contribution in [0.15, 0.2) is 53.5 Å². The van der Waals surface area contributed by atoms with E-state index in [1.807, 2.05) is 54.9 Å². The van der Waals surface area contributed by atoms with Crippen LogP contribution in [0.2, 0.25) is 0 Å². The van der Waals surface area contributed by atoms with Crippen molar-refractivity contribution in [3.63, 3.8) is 0 Å². The summed E-state index contributed by atoms with van der Waals surface area (Å²) in [5.74, 6) is 4.25. The minimum atomic E-state index is 0. The van der Waals surface area contributed by atoms with E-state index in [9.17, 15) is 0 Å². The SMILES string of the molecule is COc1ccccc1CCNC(=NCc1nnc(C)n1C)NC1CCOc2ccccc21.I. The number of para-hydroxylation sites is 2. The molecular weight excluding hydrogens is 531 g/mol. The molecule has 8 nitrogen and oxygen atoms in total. The Balaban J connectivity index is 0.00000306. The fourth-order valence-electron chi connectivity index (χ4n) is 3.77. The molecule has 2 N–H and O–H groups in total. The lowest BCUT2D eigenvalue weighted by molar-refractivity contribution is 0.261. The number of methoxy groups -OCH3 is 1. The van der Waals surface area contributed by atoms with Crippen molar-refractivity contribution >= 4 is 29.9 Å². The third-order valence-corrected chi connectivity index (χ3v) is 5.71. The molecular formula is C24H31IN6O2. The van der Waals surface area contributed by atoms with Gasteiger partial charge in [-0.25, -0.2) is 4.99 Å². The first-order chi connectivity index (χ1) is 15.7. The molecule has 3 aromatic rings. The standard InChI is InChI=1S/C24H30N6O2.HI/c1-17-28-29-23(30(17)2)16-26-24(25-14-12-18-8-4-6-10-21(18)31-3)27-20-13-15-32-22-11-7-5-9-19(20)22;/h4-11,20H,12-16H2,1-3H3,(H2,25,26,27);1H. The van der Waals surface area contributed by atoms with Crippen LogP contribution in [0.1, 0.15) is 35.2 Å². The van der Waals surface area contributed by atoms with Crippen LogP contribution in [0.3, 0.4) is 0 Å². The monoisotopic (exact) mass is 562 g/mol. The van der Waals surface area contributed by atoms with Gasteiger partial charge in [0, 0.05) is 25.6 Å². The quantitative estimate of drug-likeness (QED) is 0.261. The topological polar surface area (TPSA) is 85.6 Å². The molecule has 4 rings (SSSR count). The van der Waals surface area contributed by atoms with Crippen molar-refractivity contribution in [2.45, 2.75) is 32.4 Å². The van der Waals surface area contributed by atoms with Crippen LogP contribution in [0, 0.1) is 6.92 Å². The van der Waals surface area contributed by atoms with Gasteiger partial charge in [-0.15, -0.1) is 34.2 Å². The van der Waals surface area contributed by atoms with E-state index >= 15 is 0 Å². The van der Waals surface area contributed by atoms with Gasteiger partial charge in [0.05, 0.1) is 19.8 Å². The van der Waals surface area contributed by atoms with Crippen molar-refractivity contribution in [3.05, 3.63) is 71.3 Å². The minimum absolute atomic E-state index is 0. The maximum atomic E-state index is 5.81. The van der Waals surface area contributed by atoms with Crippen LogP contribution in [0.4, 0.5) is 0 Å². The Kier molecular flexibility index (Phi) is 8.93. The van der Waals surface area contributed by atoms with Crippen molar-refractivity contribution in [1.29, 1.82) is 0 Å². The molecule has 0 saturated carbocycles. The molecule has 0 amide bonds. The average molecular weight is 562 g/mol. The van der Waals surface area contributed by atoms with Crippen molar-refractivity contribution in [2.75, 3.05) is 20.3 Å². The summed E-state index contributed by atoms with van der Waals surface area (Å²) in [5, 5.41) is 15.4. The molecule has 1 aliphatic heterocycles. The number of hydrogen-bond donors (Lipinski definition) is 2. The second kappa shape index (κ2) is 11.9. The summed E-state index contributed by atoms with van der Waals surface area (Å²) in [6, 6.07) is 16.4. The Morgan fingerprint density at radius 1 is 1.18 bits per heavy atom. The third-order valence-electron chi connectivity index (χ3n) is 5.71. The van der Waals surface area contributed by atoms with Crippen LogP contribution in [-0.2, 0) is 20.0 Å². The summed E-state index contributed by atoms with van der Waals surface area (Å²) in [5.41, 5.74) is 2.30. The van der Waals surface area contributed by atoms with Gasteiger partial charge >= 0.3 is 0 Å². The number of aromatic nitrogens is 3. The number of hydrogen-bond acceptors (Lipinski definition) is 5. The number of guanidine groups is 1. The molecule has 1 unspecified atom stereocenters. The predicted octanol–water partition coefficient (Wildman–Crippen LogP) is 3.55. The molecule has 0 fully saturated rings. The Bertz CT molecular complexity index is 1080. The van der Waals surface area contributed by atoms with Crippen LogP contribution in [-0.4, -0.2) is 41.0 Å². The summed E-state index contributed by atoms with van der Waals surface area (Å²) >= 11 is 0. The summed E-state index contributed by atoms with van der Waals surface area (Å²) in [6.45, 7) is 3.76. The number of aryl methyl sites for hydroxylation is 1. The Morgan fingerprint density at radius 2 is 1.97 bits per heavy atom. The number of halogens is 1. The number of nitrogens with one attached hydrogen (secondary N) is 2. The van der Waals surface area contributed by atoms with Gasteiger partial charge in [-0.3, -0.25) is 0 Å². The smallest absolute Gasteiger partial charge is 0.192 e. The van der Waals surface area contributed by atoms with E-state index in [0.29, 0.717) is 13.2 Å². The van der Waals surface area contributed by atoms with Gasteiger partial charge in [0.25, 0.3) is 0 Å². The lowest BCUT2D eigenvalue weighted by atomic mass is 10.0. The first kappa shape index (κ1) is 24.8. The van der Waals surface area contributed by atoms with E-state index in [1.54, 1.807) is 7.11 Å². The molecule has 0 saturated heterocycles. The van der Waals surface area contributed by atoms with Crippen LogP contribution in [0.5, 0.6) is 11.5 Å². The molecule has 33 heavy (non-hydrogen) atoms. The first-order valence-electron chi connectivity index (χ1n) is 10.9. The van der Waals surface area contributed by atoms with Crippen molar-refractivity contribution in [3.8, 4) is 11.5 Å². The lowest BCUT2D eigenvalue weighted by Crippen LogP contribution is -2.42. The van der Waals surface area contributed by atoms with Gasteiger partial charge < -0.3 is 24.7 Å². The van der Waals surface area contributed by atoms with E-state index in [-0.39, 0.29) is 30.0 Å². The summed E-state index contributed by atoms with van der Waals surface area (Å²) in [6.07, 6.45) is 1.69. The minimum Gasteiger partial charge on any atom is -0.496 e. The van der Waals surface area contributed by atoms with Crippen molar-refractivity contribution in [1.82, 2.24) is 25.4 Å². The van der Waals surface area contributed by atoms with E-state index in [0.717, 1.165) is 59.6 Å². The van der Waals surface area contributed by atoms with E-state index in [2.05, 4.69) is 33.0 Å². The average Bonchev–Trinajstić information content (AvgIpc) is 3.15. The molecule has 2 aromatic carbocycles. The summed E-state index contributed by atoms with van der Waals surface area (Å²) < 4.78 is 13.2. The van der Waals surface area contributed by atoms with Crippen LogP contribution < -0.4 is 20.1 Å². The first-order valence-corrected chi connectivity index (χ1v) is 10.9. The summed E-state index contributed by atoms with van der Waals surface area (Å²) in [7, 11) is 3.66. The molecule has 1 aliphatic rings. The Labute approximate surface area is 211 Å². The zero-order valence-electron chi connectivity index (χ0n) is 19.2. The van der Waals surface area contributed by atoms with E-state index < -0.39 is 0 Å². The third kappa shape index (κ3) is 6.16. The largest absolute Gasteiger partial charge is 0.496 e. The number of aliphatic imine (C=N–C) groups is 1. The van der Waals surface area contributed by atoms with Gasteiger partial charge in [-0.1, -0.05) is 36.4 Å². The highest BCUT2D eigenvalue weighted by atomic mass is 127. The second-order valence-electron chi connectivity index (χ2n) is 7.75. The molecule has 0 spiro atoms. The normalized spacial score (nSPS) is 15.1. The van der Waals surface area contributed by atoms with Gasteiger partial charge in [0.1, 0.15) is 23.9 Å². The van der Waals surface area contributed by atoms with E-state index in [1.165, 1.54) is 0 Å². The van der Waals surface area contributed by atoms with Crippen LogP contribution >= 0.6 is 24.0 Å². The van der Waals surface area contributed by atoms with Crippen molar-refractivity contribution < 1.29 is 9.47 Å². The zero-order chi connectivity index (χ0) is 22.3. The van der Waals surface area contributed by atoms with Crippen molar-refractivity contribution in [2.24, 2.45) is 12.0 Å². The molecule has 176 valence electrons. The fraction of sp³-hybridized carbons (Fsp3) is 0.375. The number of fused-ring (bicyclic) bond motifs is 1. The Hall–Kier alpha value is -2.82. The molecule has 0 aliphatic carbocycles. The number of benzene rings is 2. The molecule has 0 radical (unpaired) electrons.